The van der Waals surface area contributed by atoms with Gasteiger partial charge in [0.2, 0.25) is 5.91 Å². The number of rotatable bonds is 6. The molecule has 0 radical (unpaired) electrons. The summed E-state index contributed by atoms with van der Waals surface area (Å²) in [4.78, 5) is 11.8. The van der Waals surface area contributed by atoms with Crippen LogP contribution in [0.4, 0.5) is 5.69 Å². The highest BCUT2D eigenvalue weighted by atomic mass is 16.5. The van der Waals surface area contributed by atoms with Crippen molar-refractivity contribution in [3.63, 3.8) is 0 Å². The molecule has 0 aliphatic carbocycles. The first-order valence-corrected chi connectivity index (χ1v) is 6.54. The number of hydrogen-bond acceptors (Lipinski definition) is 2. The lowest BCUT2D eigenvalue weighted by atomic mass is 10.1. The van der Waals surface area contributed by atoms with Gasteiger partial charge in [0.15, 0.2) is 0 Å². The van der Waals surface area contributed by atoms with Crippen LogP contribution in [0.3, 0.4) is 0 Å². The number of aryl methyl sites for hydroxylation is 1. The highest BCUT2D eigenvalue weighted by Gasteiger charge is 2.11. The molecule has 0 atom stereocenters. The van der Waals surface area contributed by atoms with Crippen LogP contribution in [-0.2, 0) is 11.2 Å². The quantitative estimate of drug-likeness (QED) is 0.836. The minimum Gasteiger partial charge on any atom is -0.494 e. The van der Waals surface area contributed by atoms with Gasteiger partial charge < -0.3 is 10.1 Å². The van der Waals surface area contributed by atoms with Gasteiger partial charge in [0.1, 0.15) is 5.75 Å². The maximum absolute atomic E-state index is 11.8. The number of amides is 1. The number of anilines is 1. The van der Waals surface area contributed by atoms with Gasteiger partial charge in [-0.2, -0.15) is 0 Å². The fourth-order valence-corrected chi connectivity index (χ4v) is 1.96. The molecule has 0 spiro atoms. The lowest BCUT2D eigenvalue weighted by Crippen LogP contribution is -2.14. The Kier molecular flexibility index (Phi) is 5.69. The molecule has 1 N–H and O–H groups in total. The first kappa shape index (κ1) is 14.6. The number of hydrogen-bond donors (Lipinski definition) is 1. The molecule has 0 unspecified atom stereocenters. The third-order valence-corrected chi connectivity index (χ3v) is 2.69. The summed E-state index contributed by atoms with van der Waals surface area (Å²) in [6, 6.07) is 5.88. The summed E-state index contributed by atoms with van der Waals surface area (Å²) in [5.74, 6) is 1.18. The molecule has 1 rings (SSSR count). The normalized spacial score (nSPS) is 10.5. The number of nitrogens with one attached hydrogen (secondary N) is 1. The van der Waals surface area contributed by atoms with Gasteiger partial charge in [0, 0.05) is 6.42 Å². The Labute approximate surface area is 110 Å². The van der Waals surface area contributed by atoms with Crippen molar-refractivity contribution in [3.05, 3.63) is 23.8 Å². The van der Waals surface area contributed by atoms with Gasteiger partial charge in [-0.25, -0.2) is 0 Å². The van der Waals surface area contributed by atoms with Crippen LogP contribution in [0.25, 0.3) is 0 Å². The molecule has 0 aromatic heterocycles. The lowest BCUT2D eigenvalue weighted by Gasteiger charge is -2.14. The van der Waals surface area contributed by atoms with E-state index in [4.69, 9.17) is 4.74 Å². The van der Waals surface area contributed by atoms with Crippen LogP contribution in [-0.4, -0.2) is 13.0 Å². The Balaban J connectivity index is 2.87. The maximum Gasteiger partial charge on any atom is 0.224 e. The number of benzene rings is 1. The van der Waals surface area contributed by atoms with Gasteiger partial charge >= 0.3 is 0 Å². The van der Waals surface area contributed by atoms with Gasteiger partial charge in [-0.1, -0.05) is 39.3 Å². The average Bonchev–Trinajstić information content (AvgIpc) is 2.28. The Morgan fingerprint density at radius 1 is 1.39 bits per heavy atom. The maximum atomic E-state index is 11.8. The van der Waals surface area contributed by atoms with E-state index in [0.717, 1.165) is 29.8 Å². The number of ether oxygens (including phenoxy) is 1. The van der Waals surface area contributed by atoms with Crippen LogP contribution in [0, 0.1) is 5.92 Å². The van der Waals surface area contributed by atoms with Crippen LogP contribution in [0.1, 0.15) is 39.2 Å². The Morgan fingerprint density at radius 3 is 2.67 bits per heavy atom. The predicted octanol–water partition coefficient (Wildman–Crippen LogP) is 3.63. The smallest absolute Gasteiger partial charge is 0.224 e. The van der Waals surface area contributed by atoms with E-state index in [-0.39, 0.29) is 5.91 Å². The summed E-state index contributed by atoms with van der Waals surface area (Å²) in [7, 11) is 1.65. The van der Waals surface area contributed by atoms with Crippen molar-refractivity contribution >= 4 is 11.6 Å². The standard InChI is InChI=1S/C15H23NO2/c1-5-7-12-8-6-9-13(15(12)18-4)16-14(17)10-11(2)3/h6,8-9,11H,5,7,10H2,1-4H3,(H,16,17). The largest absolute Gasteiger partial charge is 0.494 e. The number of methoxy groups -OCH3 is 1. The summed E-state index contributed by atoms with van der Waals surface area (Å²) < 4.78 is 5.42. The van der Waals surface area contributed by atoms with Crippen LogP contribution in [0.5, 0.6) is 5.75 Å². The topological polar surface area (TPSA) is 38.3 Å². The van der Waals surface area contributed by atoms with Crippen LogP contribution < -0.4 is 10.1 Å². The zero-order chi connectivity index (χ0) is 13.5. The molecule has 3 heteroatoms. The molecular formula is C15H23NO2. The summed E-state index contributed by atoms with van der Waals surface area (Å²) in [5.41, 5.74) is 1.91. The van der Waals surface area contributed by atoms with E-state index in [2.05, 4.69) is 12.2 Å². The van der Waals surface area contributed by atoms with Gasteiger partial charge in [-0.15, -0.1) is 0 Å². The van der Waals surface area contributed by atoms with E-state index in [1.54, 1.807) is 7.11 Å². The first-order valence-electron chi connectivity index (χ1n) is 6.54. The zero-order valence-corrected chi connectivity index (χ0v) is 11.7. The third kappa shape index (κ3) is 4.06. The van der Waals surface area contributed by atoms with E-state index >= 15 is 0 Å². The molecule has 0 heterocycles. The molecular weight excluding hydrogens is 226 g/mol. The molecule has 0 aliphatic rings. The van der Waals surface area contributed by atoms with Crippen molar-refractivity contribution in [2.24, 2.45) is 5.92 Å². The Bertz CT molecular complexity index is 399. The zero-order valence-electron chi connectivity index (χ0n) is 11.7. The molecule has 1 amide bonds. The molecule has 0 saturated carbocycles. The Morgan fingerprint density at radius 2 is 2.11 bits per heavy atom. The van der Waals surface area contributed by atoms with Crippen LogP contribution in [0.2, 0.25) is 0 Å². The summed E-state index contributed by atoms with van der Waals surface area (Å²) in [6.07, 6.45) is 2.54. The fraction of sp³-hybridized carbons (Fsp3) is 0.533. The highest BCUT2D eigenvalue weighted by Crippen LogP contribution is 2.29. The van der Waals surface area contributed by atoms with Gasteiger partial charge in [0.25, 0.3) is 0 Å². The predicted molar refractivity (Wildman–Crippen MR) is 75.1 cm³/mol. The van der Waals surface area contributed by atoms with Crippen molar-refractivity contribution in [3.8, 4) is 5.75 Å². The van der Waals surface area contributed by atoms with Crippen LogP contribution >= 0.6 is 0 Å². The van der Waals surface area contributed by atoms with E-state index in [1.165, 1.54) is 0 Å². The minimum atomic E-state index is 0.0388. The molecule has 0 saturated heterocycles. The van der Waals surface area contributed by atoms with Crippen molar-refractivity contribution in [1.29, 1.82) is 0 Å². The van der Waals surface area contributed by atoms with E-state index in [1.807, 2.05) is 32.0 Å². The number of carbonyl (C=O) groups is 1. The van der Waals surface area contributed by atoms with Crippen molar-refractivity contribution in [2.45, 2.75) is 40.0 Å². The molecule has 0 bridgehead atoms. The summed E-state index contributed by atoms with van der Waals surface area (Å²) >= 11 is 0. The highest BCUT2D eigenvalue weighted by molar-refractivity contribution is 5.92. The fourth-order valence-electron chi connectivity index (χ4n) is 1.96. The van der Waals surface area contributed by atoms with Gasteiger partial charge in [-0.05, 0) is 24.0 Å². The van der Waals surface area contributed by atoms with Crippen molar-refractivity contribution < 1.29 is 9.53 Å². The second-order valence-electron chi connectivity index (χ2n) is 4.89. The van der Waals surface area contributed by atoms with E-state index < -0.39 is 0 Å². The van der Waals surface area contributed by atoms with E-state index in [0.29, 0.717) is 12.3 Å². The second-order valence-corrected chi connectivity index (χ2v) is 4.89. The second kappa shape index (κ2) is 7.04. The molecule has 1 aromatic rings. The van der Waals surface area contributed by atoms with Crippen LogP contribution in [0.15, 0.2) is 18.2 Å². The molecule has 0 fully saturated rings. The van der Waals surface area contributed by atoms with Crippen molar-refractivity contribution in [2.75, 3.05) is 12.4 Å². The molecule has 100 valence electrons. The van der Waals surface area contributed by atoms with Gasteiger partial charge in [-0.3, -0.25) is 4.79 Å². The summed E-state index contributed by atoms with van der Waals surface area (Å²) in [6.45, 7) is 6.19. The molecule has 0 aliphatic heterocycles. The summed E-state index contributed by atoms with van der Waals surface area (Å²) in [5, 5.41) is 2.93. The first-order chi connectivity index (χ1) is 8.58. The van der Waals surface area contributed by atoms with E-state index in [9.17, 15) is 4.79 Å². The number of para-hydroxylation sites is 1. The molecule has 18 heavy (non-hydrogen) atoms. The average molecular weight is 249 g/mol. The third-order valence-electron chi connectivity index (χ3n) is 2.69. The molecule has 3 nitrogen and oxygen atoms in total. The van der Waals surface area contributed by atoms with Gasteiger partial charge in [0.05, 0.1) is 12.8 Å². The Hall–Kier alpha value is -1.51. The monoisotopic (exact) mass is 249 g/mol. The van der Waals surface area contributed by atoms with Crippen molar-refractivity contribution in [1.82, 2.24) is 0 Å². The number of carbonyl (C=O) groups excluding carboxylic acids is 1. The molecule has 1 aromatic carbocycles. The minimum absolute atomic E-state index is 0.0388. The SMILES string of the molecule is CCCc1cccc(NC(=O)CC(C)C)c1OC. The lowest BCUT2D eigenvalue weighted by molar-refractivity contribution is -0.116.